The van der Waals surface area contributed by atoms with Crippen LogP contribution in [0, 0.1) is 0 Å². The van der Waals surface area contributed by atoms with E-state index in [9.17, 15) is 0 Å². The maximum absolute atomic E-state index is 3.92. The van der Waals surface area contributed by atoms with Crippen LogP contribution in [0.4, 0.5) is 0 Å². The second-order valence-corrected chi connectivity index (χ2v) is 3.16. The van der Waals surface area contributed by atoms with Gasteiger partial charge in [0.25, 0.3) is 0 Å². The molecule has 0 spiro atoms. The standard InChI is InChI=1S/C10H22N2/c1-6-8-9-12(7-2)11(5)10(3)4/h3,6-9H2,1-2,4-5H3. The van der Waals surface area contributed by atoms with Crippen molar-refractivity contribution in [3.8, 4) is 0 Å². The van der Waals surface area contributed by atoms with Crippen molar-refractivity contribution < 1.29 is 0 Å². The van der Waals surface area contributed by atoms with Crippen LogP contribution >= 0.6 is 0 Å². The van der Waals surface area contributed by atoms with Crippen LogP contribution in [0.3, 0.4) is 0 Å². The molecule has 0 atom stereocenters. The lowest BCUT2D eigenvalue weighted by Crippen LogP contribution is -2.38. The first kappa shape index (κ1) is 11.5. The highest BCUT2D eigenvalue weighted by Gasteiger charge is 2.06. The zero-order chi connectivity index (χ0) is 9.56. The summed E-state index contributed by atoms with van der Waals surface area (Å²) < 4.78 is 0. The van der Waals surface area contributed by atoms with Gasteiger partial charge < -0.3 is 5.01 Å². The van der Waals surface area contributed by atoms with E-state index in [4.69, 9.17) is 0 Å². The van der Waals surface area contributed by atoms with Gasteiger partial charge in [0.05, 0.1) is 0 Å². The molecule has 0 unspecified atom stereocenters. The van der Waals surface area contributed by atoms with E-state index in [0.717, 1.165) is 18.8 Å². The Morgan fingerprint density at radius 2 is 1.92 bits per heavy atom. The predicted molar refractivity (Wildman–Crippen MR) is 54.7 cm³/mol. The molecule has 0 aliphatic carbocycles. The predicted octanol–water partition coefficient (Wildman–Crippen LogP) is 2.49. The van der Waals surface area contributed by atoms with Gasteiger partial charge in [-0.15, -0.1) is 0 Å². The Morgan fingerprint density at radius 3 is 2.25 bits per heavy atom. The number of hydrogen-bond acceptors (Lipinski definition) is 2. The van der Waals surface area contributed by atoms with Gasteiger partial charge in [0.1, 0.15) is 0 Å². The molecule has 0 rings (SSSR count). The second-order valence-electron chi connectivity index (χ2n) is 3.16. The van der Waals surface area contributed by atoms with Crippen molar-refractivity contribution >= 4 is 0 Å². The molecule has 0 radical (unpaired) electrons. The molecule has 0 aromatic rings. The van der Waals surface area contributed by atoms with Gasteiger partial charge in [-0.3, -0.25) is 0 Å². The van der Waals surface area contributed by atoms with Gasteiger partial charge in [-0.2, -0.15) is 0 Å². The summed E-state index contributed by atoms with van der Waals surface area (Å²) in [7, 11) is 2.07. The van der Waals surface area contributed by atoms with E-state index in [1.54, 1.807) is 0 Å². The van der Waals surface area contributed by atoms with Gasteiger partial charge in [0.15, 0.2) is 0 Å². The van der Waals surface area contributed by atoms with Crippen LogP contribution in [0.2, 0.25) is 0 Å². The summed E-state index contributed by atoms with van der Waals surface area (Å²) in [5.74, 6) is 0. The van der Waals surface area contributed by atoms with E-state index >= 15 is 0 Å². The molecule has 2 nitrogen and oxygen atoms in total. The molecule has 0 heterocycles. The number of hydrazine groups is 1. The molecule has 72 valence electrons. The normalized spacial score (nSPS) is 10.4. The average Bonchev–Trinajstić information content (AvgIpc) is 2.05. The van der Waals surface area contributed by atoms with Crippen molar-refractivity contribution in [1.82, 2.24) is 10.0 Å². The minimum absolute atomic E-state index is 1.06. The van der Waals surface area contributed by atoms with Crippen LogP contribution in [0.15, 0.2) is 12.3 Å². The molecular weight excluding hydrogens is 148 g/mol. The fourth-order valence-electron chi connectivity index (χ4n) is 1.10. The Hall–Kier alpha value is -0.500. The van der Waals surface area contributed by atoms with Crippen molar-refractivity contribution in [2.24, 2.45) is 0 Å². The molecule has 0 aliphatic rings. The highest BCUT2D eigenvalue weighted by atomic mass is 15.6. The summed E-state index contributed by atoms with van der Waals surface area (Å²) in [6.07, 6.45) is 2.51. The third kappa shape index (κ3) is 3.77. The quantitative estimate of drug-likeness (QED) is 0.565. The summed E-state index contributed by atoms with van der Waals surface area (Å²) in [6.45, 7) is 12.5. The number of nitrogens with zero attached hydrogens (tertiary/aromatic N) is 2. The van der Waals surface area contributed by atoms with Gasteiger partial charge in [0, 0.05) is 25.8 Å². The fourth-order valence-corrected chi connectivity index (χ4v) is 1.10. The van der Waals surface area contributed by atoms with Gasteiger partial charge in [0.2, 0.25) is 0 Å². The van der Waals surface area contributed by atoms with E-state index in [0.29, 0.717) is 0 Å². The SMILES string of the molecule is C=C(C)N(C)N(CC)CCCC. The molecule has 0 saturated carbocycles. The van der Waals surface area contributed by atoms with Crippen molar-refractivity contribution in [3.05, 3.63) is 12.3 Å². The molecule has 0 bridgehead atoms. The minimum Gasteiger partial charge on any atom is -0.314 e. The largest absolute Gasteiger partial charge is 0.314 e. The van der Waals surface area contributed by atoms with E-state index in [2.05, 4.69) is 37.5 Å². The van der Waals surface area contributed by atoms with Crippen molar-refractivity contribution in [2.45, 2.75) is 33.6 Å². The Morgan fingerprint density at radius 1 is 1.33 bits per heavy atom. The first-order valence-electron chi connectivity index (χ1n) is 4.77. The van der Waals surface area contributed by atoms with Gasteiger partial charge in [-0.05, 0) is 13.3 Å². The highest BCUT2D eigenvalue weighted by Crippen LogP contribution is 2.04. The van der Waals surface area contributed by atoms with Crippen LogP contribution in [0.25, 0.3) is 0 Å². The van der Waals surface area contributed by atoms with Crippen LogP contribution < -0.4 is 0 Å². The summed E-state index contributed by atoms with van der Waals surface area (Å²) in [5, 5.41) is 4.45. The van der Waals surface area contributed by atoms with Crippen molar-refractivity contribution in [2.75, 3.05) is 20.1 Å². The maximum Gasteiger partial charge on any atom is 0.0230 e. The fraction of sp³-hybridized carbons (Fsp3) is 0.800. The average molecular weight is 170 g/mol. The molecule has 12 heavy (non-hydrogen) atoms. The van der Waals surface area contributed by atoms with Gasteiger partial charge >= 0.3 is 0 Å². The van der Waals surface area contributed by atoms with Crippen LogP contribution in [-0.4, -0.2) is 30.2 Å². The van der Waals surface area contributed by atoms with Gasteiger partial charge in [-0.25, -0.2) is 5.01 Å². The molecule has 0 amide bonds. The highest BCUT2D eigenvalue weighted by molar-refractivity contribution is 4.84. The zero-order valence-corrected chi connectivity index (χ0v) is 8.93. The summed E-state index contributed by atoms with van der Waals surface area (Å²) >= 11 is 0. The van der Waals surface area contributed by atoms with Crippen molar-refractivity contribution in [3.63, 3.8) is 0 Å². The van der Waals surface area contributed by atoms with Crippen LogP contribution in [0.1, 0.15) is 33.6 Å². The molecule has 0 N–H and O–H groups in total. The molecule has 0 aliphatic heterocycles. The van der Waals surface area contributed by atoms with E-state index < -0.39 is 0 Å². The lowest BCUT2D eigenvalue weighted by atomic mass is 10.3. The molecule has 0 fully saturated rings. The number of hydrogen-bond donors (Lipinski definition) is 0. The van der Waals surface area contributed by atoms with E-state index in [-0.39, 0.29) is 0 Å². The molecule has 2 heteroatoms. The second kappa shape index (κ2) is 6.06. The molecule has 0 aromatic heterocycles. The smallest absolute Gasteiger partial charge is 0.0230 e. The number of allylic oxidation sites excluding steroid dienone is 1. The molecule has 0 saturated heterocycles. The summed E-state index contributed by atoms with van der Waals surface area (Å²) in [5.41, 5.74) is 1.10. The number of unbranched alkanes of at least 4 members (excludes halogenated alkanes) is 1. The van der Waals surface area contributed by atoms with Crippen LogP contribution in [-0.2, 0) is 0 Å². The Labute approximate surface area is 76.8 Å². The van der Waals surface area contributed by atoms with Crippen LogP contribution in [0.5, 0.6) is 0 Å². The van der Waals surface area contributed by atoms with Gasteiger partial charge in [-0.1, -0.05) is 26.8 Å². The van der Waals surface area contributed by atoms with Crippen molar-refractivity contribution in [1.29, 1.82) is 0 Å². The summed E-state index contributed by atoms with van der Waals surface area (Å²) in [4.78, 5) is 0. The lowest BCUT2D eigenvalue weighted by Gasteiger charge is -2.32. The Balaban J connectivity index is 3.87. The Kier molecular flexibility index (Phi) is 5.81. The monoisotopic (exact) mass is 170 g/mol. The first-order chi connectivity index (χ1) is 5.63. The number of rotatable bonds is 6. The topological polar surface area (TPSA) is 6.48 Å². The molecular formula is C10H22N2. The molecule has 0 aromatic carbocycles. The lowest BCUT2D eigenvalue weighted by molar-refractivity contribution is 0.0386. The minimum atomic E-state index is 1.06. The van der Waals surface area contributed by atoms with E-state index in [1.165, 1.54) is 12.8 Å². The Bertz CT molecular complexity index is 132. The van der Waals surface area contributed by atoms with E-state index in [1.807, 2.05) is 6.92 Å². The third-order valence-corrected chi connectivity index (χ3v) is 2.11. The third-order valence-electron chi connectivity index (χ3n) is 2.11. The maximum atomic E-state index is 3.92. The summed E-state index contributed by atoms with van der Waals surface area (Å²) in [6, 6.07) is 0. The first-order valence-corrected chi connectivity index (χ1v) is 4.77. The zero-order valence-electron chi connectivity index (χ0n) is 8.93.